The Hall–Kier alpha value is -3.29. The molecule has 162 valence electrons. The predicted molar refractivity (Wildman–Crippen MR) is 127 cm³/mol. The van der Waals surface area contributed by atoms with E-state index >= 15 is 0 Å². The number of esters is 1. The lowest BCUT2D eigenvalue weighted by Gasteiger charge is -2.06. The highest BCUT2D eigenvalue weighted by Crippen LogP contribution is 2.34. The highest BCUT2D eigenvalue weighted by molar-refractivity contribution is 8.18. The maximum atomic E-state index is 12.6. The summed E-state index contributed by atoms with van der Waals surface area (Å²) >= 11 is 7.19. The number of aliphatic imine (C=N–C) groups is 1. The fourth-order valence-corrected chi connectivity index (χ4v) is 4.07. The maximum Gasteiger partial charge on any atom is 0.338 e. The highest BCUT2D eigenvalue weighted by Gasteiger charge is 2.30. The SMILES string of the molecule is CCOC(=O)c1ccc(-c2ccc(/C=C3/SC(=Nc4ccc(Cl)cc4)N(C)C3=O)o2)cc1. The van der Waals surface area contributed by atoms with Crippen LogP contribution in [0.2, 0.25) is 5.02 Å². The second-order valence-electron chi connectivity index (χ2n) is 6.85. The Bertz CT molecular complexity index is 1210. The van der Waals surface area contributed by atoms with E-state index in [-0.39, 0.29) is 11.9 Å². The van der Waals surface area contributed by atoms with E-state index < -0.39 is 0 Å². The van der Waals surface area contributed by atoms with E-state index in [1.807, 2.05) is 6.07 Å². The molecule has 2 aromatic carbocycles. The smallest absolute Gasteiger partial charge is 0.338 e. The lowest BCUT2D eigenvalue weighted by molar-refractivity contribution is -0.121. The molecule has 0 saturated carbocycles. The minimum Gasteiger partial charge on any atom is -0.462 e. The van der Waals surface area contributed by atoms with Crippen LogP contribution >= 0.6 is 23.4 Å². The summed E-state index contributed by atoms with van der Waals surface area (Å²) in [6.45, 7) is 2.09. The molecule has 3 aromatic rings. The van der Waals surface area contributed by atoms with Crippen LogP contribution in [0.1, 0.15) is 23.0 Å². The van der Waals surface area contributed by atoms with Crippen LogP contribution in [0.15, 0.2) is 75.0 Å². The van der Waals surface area contributed by atoms with E-state index in [0.717, 1.165) is 5.56 Å². The first kappa shape index (κ1) is 21.9. The zero-order valence-electron chi connectivity index (χ0n) is 17.4. The summed E-state index contributed by atoms with van der Waals surface area (Å²) in [5.74, 6) is 0.665. The number of carbonyl (C=O) groups excluding carboxylic acids is 2. The number of ether oxygens (including phenoxy) is 1. The first-order valence-electron chi connectivity index (χ1n) is 9.84. The van der Waals surface area contributed by atoms with Gasteiger partial charge >= 0.3 is 5.97 Å². The van der Waals surface area contributed by atoms with Crippen LogP contribution in [0, 0.1) is 0 Å². The average molecular weight is 467 g/mol. The van der Waals surface area contributed by atoms with Crippen molar-refractivity contribution in [3.63, 3.8) is 0 Å². The van der Waals surface area contributed by atoms with Gasteiger partial charge in [0.15, 0.2) is 5.17 Å². The standard InChI is InChI=1S/C24H19ClN2O4S/c1-3-30-23(29)16-6-4-15(5-7-16)20-13-12-19(31-20)14-21-22(28)27(2)24(32-21)26-18-10-8-17(25)9-11-18/h4-14H,3H2,1-2H3/b21-14+,26-24?. The van der Waals surface area contributed by atoms with E-state index in [0.29, 0.717) is 44.5 Å². The minimum atomic E-state index is -0.360. The summed E-state index contributed by atoms with van der Waals surface area (Å²) in [7, 11) is 1.68. The van der Waals surface area contributed by atoms with Crippen LogP contribution in [0.4, 0.5) is 5.69 Å². The summed E-state index contributed by atoms with van der Waals surface area (Å²) in [5.41, 5.74) is 2.01. The third-order valence-corrected chi connectivity index (χ3v) is 5.95. The Morgan fingerprint density at radius 2 is 1.84 bits per heavy atom. The van der Waals surface area contributed by atoms with Crippen molar-refractivity contribution >= 4 is 52.2 Å². The Labute approximate surface area is 194 Å². The lowest BCUT2D eigenvalue weighted by atomic mass is 10.1. The average Bonchev–Trinajstić information content (AvgIpc) is 3.36. The van der Waals surface area contributed by atoms with Crippen molar-refractivity contribution in [1.29, 1.82) is 0 Å². The van der Waals surface area contributed by atoms with Gasteiger partial charge in [-0.1, -0.05) is 23.7 Å². The van der Waals surface area contributed by atoms with Gasteiger partial charge in [-0.2, -0.15) is 0 Å². The van der Waals surface area contributed by atoms with E-state index in [9.17, 15) is 9.59 Å². The third-order valence-electron chi connectivity index (χ3n) is 4.64. The number of hydrogen-bond donors (Lipinski definition) is 0. The third kappa shape index (κ3) is 4.79. The number of nitrogens with zero attached hydrogens (tertiary/aromatic N) is 2. The van der Waals surface area contributed by atoms with Gasteiger partial charge in [-0.15, -0.1) is 0 Å². The van der Waals surface area contributed by atoms with Gasteiger partial charge in [-0.3, -0.25) is 9.69 Å². The van der Waals surface area contributed by atoms with Crippen LogP contribution in [-0.2, 0) is 9.53 Å². The normalized spacial score (nSPS) is 16.2. The molecule has 1 fully saturated rings. The molecule has 1 amide bonds. The molecule has 0 atom stereocenters. The molecule has 6 nitrogen and oxygen atoms in total. The molecule has 0 spiro atoms. The first-order chi connectivity index (χ1) is 15.4. The Morgan fingerprint density at radius 1 is 1.12 bits per heavy atom. The molecule has 8 heteroatoms. The van der Waals surface area contributed by atoms with E-state index in [4.69, 9.17) is 20.8 Å². The molecule has 1 aliphatic heterocycles. The number of likely N-dealkylation sites (N-methyl/N-ethyl adjacent to an activating group) is 1. The number of thioether (sulfide) groups is 1. The summed E-state index contributed by atoms with van der Waals surface area (Å²) in [6.07, 6.45) is 1.70. The van der Waals surface area contributed by atoms with Crippen molar-refractivity contribution in [2.24, 2.45) is 4.99 Å². The van der Waals surface area contributed by atoms with Crippen LogP contribution < -0.4 is 0 Å². The molecule has 1 aliphatic rings. The van der Waals surface area contributed by atoms with E-state index in [1.54, 1.807) is 74.6 Å². The molecule has 1 saturated heterocycles. The summed E-state index contributed by atoms with van der Waals surface area (Å²) in [6, 6.07) is 17.7. The molecule has 1 aromatic heterocycles. The van der Waals surface area contributed by atoms with Gasteiger partial charge in [0.25, 0.3) is 5.91 Å². The number of amides is 1. The van der Waals surface area contributed by atoms with E-state index in [1.165, 1.54) is 16.7 Å². The number of halogens is 1. The summed E-state index contributed by atoms with van der Waals surface area (Å²) in [5, 5.41) is 1.20. The number of hydrogen-bond acceptors (Lipinski definition) is 6. The molecular formula is C24H19ClN2O4S. The van der Waals surface area contributed by atoms with Gasteiger partial charge in [0.05, 0.1) is 22.8 Å². The summed E-state index contributed by atoms with van der Waals surface area (Å²) < 4.78 is 10.9. The molecule has 4 rings (SSSR count). The van der Waals surface area contributed by atoms with Gasteiger partial charge in [0, 0.05) is 23.7 Å². The van der Waals surface area contributed by atoms with Crippen molar-refractivity contribution in [1.82, 2.24) is 4.90 Å². The second-order valence-corrected chi connectivity index (χ2v) is 8.29. The van der Waals surface area contributed by atoms with Gasteiger partial charge in [-0.25, -0.2) is 9.79 Å². The van der Waals surface area contributed by atoms with Gasteiger partial charge < -0.3 is 9.15 Å². The fraction of sp³-hybridized carbons (Fsp3) is 0.125. The number of benzene rings is 2. The first-order valence-corrected chi connectivity index (χ1v) is 11.0. The van der Waals surface area contributed by atoms with Crippen molar-refractivity contribution in [2.75, 3.05) is 13.7 Å². The largest absolute Gasteiger partial charge is 0.462 e. The molecule has 0 aliphatic carbocycles. The molecular weight excluding hydrogens is 448 g/mol. The zero-order valence-corrected chi connectivity index (χ0v) is 18.9. The minimum absolute atomic E-state index is 0.153. The number of carbonyl (C=O) groups is 2. The van der Waals surface area contributed by atoms with Gasteiger partial charge in [0.1, 0.15) is 11.5 Å². The Morgan fingerprint density at radius 3 is 2.53 bits per heavy atom. The molecule has 0 N–H and O–H groups in total. The number of furan rings is 1. The molecule has 2 heterocycles. The zero-order chi connectivity index (χ0) is 22.7. The topological polar surface area (TPSA) is 72.1 Å². The monoisotopic (exact) mass is 466 g/mol. The predicted octanol–water partition coefficient (Wildman–Crippen LogP) is 6.01. The summed E-state index contributed by atoms with van der Waals surface area (Å²) in [4.78, 5) is 31.0. The highest BCUT2D eigenvalue weighted by atomic mass is 35.5. The van der Waals surface area contributed by atoms with Gasteiger partial charge in [0.2, 0.25) is 0 Å². The fourth-order valence-electron chi connectivity index (χ4n) is 2.98. The van der Waals surface area contributed by atoms with Crippen molar-refractivity contribution < 1.29 is 18.7 Å². The van der Waals surface area contributed by atoms with Crippen molar-refractivity contribution in [2.45, 2.75) is 6.92 Å². The van der Waals surface area contributed by atoms with E-state index in [2.05, 4.69) is 4.99 Å². The second kappa shape index (κ2) is 9.46. The molecule has 0 radical (unpaired) electrons. The maximum absolute atomic E-state index is 12.6. The number of amidine groups is 1. The quantitative estimate of drug-likeness (QED) is 0.340. The molecule has 0 bridgehead atoms. The molecule has 0 unspecified atom stereocenters. The van der Waals surface area contributed by atoms with Crippen molar-refractivity contribution in [3.8, 4) is 11.3 Å². The van der Waals surface area contributed by atoms with Crippen LogP contribution in [0.5, 0.6) is 0 Å². The lowest BCUT2D eigenvalue weighted by Crippen LogP contribution is -2.23. The van der Waals surface area contributed by atoms with Crippen LogP contribution in [-0.4, -0.2) is 35.6 Å². The number of rotatable bonds is 5. The molecule has 32 heavy (non-hydrogen) atoms. The van der Waals surface area contributed by atoms with Crippen molar-refractivity contribution in [3.05, 3.63) is 81.9 Å². The van der Waals surface area contributed by atoms with Gasteiger partial charge in [-0.05, 0) is 67.2 Å². The van der Waals surface area contributed by atoms with Crippen LogP contribution in [0.25, 0.3) is 17.4 Å². The Kier molecular flexibility index (Phi) is 6.48. The van der Waals surface area contributed by atoms with Crippen LogP contribution in [0.3, 0.4) is 0 Å². The Balaban J connectivity index is 1.52.